The molecule has 7 heteroatoms. The first-order chi connectivity index (χ1) is 10.1. The minimum atomic E-state index is -3.48. The summed E-state index contributed by atoms with van der Waals surface area (Å²) in [6.07, 6.45) is 1.95. The first-order valence-corrected chi connectivity index (χ1v) is 9.16. The van der Waals surface area contributed by atoms with Crippen molar-refractivity contribution < 1.29 is 8.42 Å². The van der Waals surface area contributed by atoms with Crippen molar-refractivity contribution >= 4 is 27.0 Å². The van der Waals surface area contributed by atoms with Crippen LogP contribution >= 0.6 is 11.3 Å². The molecular formula is C14H17N3O2S2. The molecule has 0 aliphatic carbocycles. The smallest absolute Gasteiger partial charge is 0.243 e. The van der Waals surface area contributed by atoms with Gasteiger partial charge in [0.2, 0.25) is 10.0 Å². The molecule has 1 N–H and O–H groups in total. The van der Waals surface area contributed by atoms with E-state index in [4.69, 9.17) is 0 Å². The lowest BCUT2D eigenvalue weighted by atomic mass is 10.0. The quantitative estimate of drug-likeness (QED) is 0.938. The van der Waals surface area contributed by atoms with Crippen LogP contribution in [0.5, 0.6) is 0 Å². The molecule has 0 unspecified atom stereocenters. The van der Waals surface area contributed by atoms with E-state index < -0.39 is 10.0 Å². The van der Waals surface area contributed by atoms with E-state index in [-0.39, 0.29) is 0 Å². The summed E-state index contributed by atoms with van der Waals surface area (Å²) in [5.41, 5.74) is 4.60. The van der Waals surface area contributed by atoms with Gasteiger partial charge in [-0.2, -0.15) is 4.31 Å². The van der Waals surface area contributed by atoms with Gasteiger partial charge in [-0.25, -0.2) is 13.4 Å². The highest BCUT2D eigenvalue weighted by Gasteiger charge is 2.23. The molecule has 1 aliphatic rings. The van der Waals surface area contributed by atoms with Crippen molar-refractivity contribution in [2.24, 2.45) is 0 Å². The molecule has 21 heavy (non-hydrogen) atoms. The van der Waals surface area contributed by atoms with Gasteiger partial charge in [0.05, 0.1) is 22.6 Å². The fourth-order valence-electron chi connectivity index (χ4n) is 2.42. The van der Waals surface area contributed by atoms with Crippen LogP contribution in [0.25, 0.3) is 0 Å². The predicted molar refractivity (Wildman–Crippen MR) is 84.0 cm³/mol. The Morgan fingerprint density at radius 2 is 2.29 bits per heavy atom. The van der Waals surface area contributed by atoms with Crippen LogP contribution in [0.2, 0.25) is 0 Å². The molecule has 1 aliphatic heterocycles. The first-order valence-electron chi connectivity index (χ1n) is 6.77. The van der Waals surface area contributed by atoms with Crippen molar-refractivity contribution in [1.29, 1.82) is 0 Å². The third kappa shape index (κ3) is 2.95. The second-order valence-electron chi connectivity index (χ2n) is 5.09. The van der Waals surface area contributed by atoms with Crippen molar-refractivity contribution in [3.8, 4) is 0 Å². The Hall–Kier alpha value is -1.44. The predicted octanol–water partition coefficient (Wildman–Crippen LogP) is 2.32. The maximum absolute atomic E-state index is 12.6. The lowest BCUT2D eigenvalue weighted by Gasteiger charge is -2.21. The van der Waals surface area contributed by atoms with Crippen LogP contribution < -0.4 is 5.32 Å². The molecule has 0 saturated carbocycles. The lowest BCUT2D eigenvalue weighted by molar-refractivity contribution is 0.463. The van der Waals surface area contributed by atoms with E-state index in [9.17, 15) is 8.42 Å². The molecule has 0 atom stereocenters. The Morgan fingerprint density at radius 1 is 1.43 bits per heavy atom. The molecule has 1 aromatic heterocycles. The molecule has 5 nitrogen and oxygen atoms in total. The summed E-state index contributed by atoms with van der Waals surface area (Å²) in [6, 6.07) is 5.32. The first kappa shape index (κ1) is 14.5. The Morgan fingerprint density at radius 3 is 3.05 bits per heavy atom. The number of fused-ring (bicyclic) bond motifs is 1. The van der Waals surface area contributed by atoms with Gasteiger partial charge in [0.25, 0.3) is 0 Å². The Labute approximate surface area is 128 Å². The minimum absolute atomic E-state index is 0.293. The normalized spacial score (nSPS) is 14.8. The average Bonchev–Trinajstić information content (AvgIpc) is 2.99. The van der Waals surface area contributed by atoms with Gasteiger partial charge >= 0.3 is 0 Å². The van der Waals surface area contributed by atoms with Crippen LogP contribution in [-0.4, -0.2) is 31.3 Å². The molecule has 0 spiro atoms. The molecule has 2 heterocycles. The lowest BCUT2D eigenvalue weighted by Crippen LogP contribution is -2.27. The number of sulfonamides is 1. The van der Waals surface area contributed by atoms with Crippen molar-refractivity contribution in [1.82, 2.24) is 9.29 Å². The second kappa shape index (κ2) is 5.75. The zero-order chi connectivity index (χ0) is 14.9. The summed E-state index contributed by atoms with van der Waals surface area (Å²) in [4.78, 5) is 4.49. The van der Waals surface area contributed by atoms with Crippen molar-refractivity contribution in [2.75, 3.05) is 18.9 Å². The summed E-state index contributed by atoms with van der Waals surface area (Å²) in [6.45, 7) is 1.24. The topological polar surface area (TPSA) is 62.3 Å². The Kier molecular flexibility index (Phi) is 3.97. The van der Waals surface area contributed by atoms with Crippen molar-refractivity contribution in [2.45, 2.75) is 24.3 Å². The number of aryl methyl sites for hydroxylation is 1. The monoisotopic (exact) mass is 323 g/mol. The third-order valence-electron chi connectivity index (χ3n) is 3.59. The van der Waals surface area contributed by atoms with E-state index in [0.29, 0.717) is 11.4 Å². The summed E-state index contributed by atoms with van der Waals surface area (Å²) in [5.74, 6) is 0. The van der Waals surface area contributed by atoms with E-state index in [1.165, 1.54) is 15.6 Å². The largest absolute Gasteiger partial charge is 0.385 e. The zero-order valence-electron chi connectivity index (χ0n) is 11.7. The SMILES string of the molecule is CN(Cc1cscn1)S(=O)(=O)c1ccc2c(c1)CCCN2. The molecule has 2 aromatic rings. The number of nitrogens with zero attached hydrogens (tertiary/aromatic N) is 2. The number of hydrogen-bond acceptors (Lipinski definition) is 5. The highest BCUT2D eigenvalue weighted by atomic mass is 32.2. The van der Waals surface area contributed by atoms with E-state index in [2.05, 4.69) is 10.3 Å². The maximum Gasteiger partial charge on any atom is 0.243 e. The molecular weight excluding hydrogens is 306 g/mol. The van der Waals surface area contributed by atoms with Gasteiger partial charge in [0.15, 0.2) is 0 Å². The molecule has 3 rings (SSSR count). The zero-order valence-corrected chi connectivity index (χ0v) is 13.4. The van der Waals surface area contributed by atoms with Crippen LogP contribution in [0.3, 0.4) is 0 Å². The highest BCUT2D eigenvalue weighted by Crippen LogP contribution is 2.26. The van der Waals surface area contributed by atoms with Gasteiger partial charge in [-0.3, -0.25) is 0 Å². The van der Waals surface area contributed by atoms with Gasteiger partial charge in [-0.1, -0.05) is 0 Å². The summed E-state index contributed by atoms with van der Waals surface area (Å²) < 4.78 is 26.6. The molecule has 0 fully saturated rings. The molecule has 112 valence electrons. The van der Waals surface area contributed by atoms with E-state index in [1.807, 2.05) is 11.4 Å². The third-order valence-corrected chi connectivity index (χ3v) is 6.03. The number of thiazole rings is 1. The summed E-state index contributed by atoms with van der Waals surface area (Å²) in [5, 5.41) is 5.15. The Bertz CT molecular complexity index is 727. The van der Waals surface area contributed by atoms with Crippen LogP contribution in [0.1, 0.15) is 17.7 Å². The van der Waals surface area contributed by atoms with E-state index in [1.54, 1.807) is 24.7 Å². The standard InChI is InChI=1S/C14H17N3O2S2/c1-17(8-12-9-20-10-16-12)21(18,19)13-4-5-14-11(7-13)3-2-6-15-14/h4-5,7,9-10,15H,2-3,6,8H2,1H3. The molecule has 0 amide bonds. The summed E-state index contributed by atoms with van der Waals surface area (Å²) >= 11 is 1.47. The molecule has 0 saturated heterocycles. The number of aromatic nitrogens is 1. The van der Waals surface area contributed by atoms with Crippen LogP contribution in [0.15, 0.2) is 34.0 Å². The molecule has 0 bridgehead atoms. The van der Waals surface area contributed by atoms with Gasteiger partial charge in [0.1, 0.15) is 0 Å². The molecule has 1 aromatic carbocycles. The van der Waals surface area contributed by atoms with E-state index in [0.717, 1.165) is 36.3 Å². The number of nitrogens with one attached hydrogen (secondary N) is 1. The van der Waals surface area contributed by atoms with Gasteiger partial charge < -0.3 is 5.32 Å². The van der Waals surface area contributed by atoms with Gasteiger partial charge in [-0.05, 0) is 36.6 Å². The Balaban J connectivity index is 1.87. The van der Waals surface area contributed by atoms with Crippen LogP contribution in [0.4, 0.5) is 5.69 Å². The number of rotatable bonds is 4. The fourth-order valence-corrected chi connectivity index (χ4v) is 4.16. The second-order valence-corrected chi connectivity index (χ2v) is 7.85. The number of hydrogen-bond donors (Lipinski definition) is 1. The van der Waals surface area contributed by atoms with E-state index >= 15 is 0 Å². The van der Waals surface area contributed by atoms with Crippen molar-refractivity contribution in [3.05, 3.63) is 40.3 Å². The molecule has 0 radical (unpaired) electrons. The fraction of sp³-hybridized carbons (Fsp3) is 0.357. The summed E-state index contributed by atoms with van der Waals surface area (Å²) in [7, 11) is -1.89. The maximum atomic E-state index is 12.6. The number of benzene rings is 1. The van der Waals surface area contributed by atoms with Crippen LogP contribution in [0, 0.1) is 0 Å². The highest BCUT2D eigenvalue weighted by molar-refractivity contribution is 7.89. The minimum Gasteiger partial charge on any atom is -0.385 e. The number of anilines is 1. The van der Waals surface area contributed by atoms with Gasteiger partial charge in [0, 0.05) is 24.7 Å². The van der Waals surface area contributed by atoms with Crippen LogP contribution in [-0.2, 0) is 23.0 Å². The van der Waals surface area contributed by atoms with Gasteiger partial charge in [-0.15, -0.1) is 11.3 Å². The van der Waals surface area contributed by atoms with Crippen molar-refractivity contribution in [3.63, 3.8) is 0 Å². The average molecular weight is 323 g/mol.